The van der Waals surface area contributed by atoms with Gasteiger partial charge in [-0.25, -0.2) is 0 Å². The summed E-state index contributed by atoms with van der Waals surface area (Å²) in [4.78, 5) is 40.1. The van der Waals surface area contributed by atoms with Gasteiger partial charge in [0.25, 0.3) is 5.69 Å². The number of methoxy groups -OCH3 is 1. The molecule has 5 rings (SSSR count). The fourth-order valence-electron chi connectivity index (χ4n) is 6.41. The second-order valence-corrected chi connectivity index (χ2v) is 13.2. The average Bonchev–Trinajstić information content (AvgIpc) is 2.88. The number of halogens is 1. The zero-order valence-electron chi connectivity index (χ0n) is 24.3. The summed E-state index contributed by atoms with van der Waals surface area (Å²) >= 11 is 6.80. The maximum absolute atomic E-state index is 13.8. The molecule has 0 spiro atoms. The Labute approximate surface area is 245 Å². The zero-order chi connectivity index (χ0) is 29.9. The molecular formula is C32H35ClN2O6. The molecule has 0 saturated heterocycles. The first-order valence-electron chi connectivity index (χ1n) is 13.7. The lowest BCUT2D eigenvalue weighted by Crippen LogP contribution is -2.43. The van der Waals surface area contributed by atoms with Crippen LogP contribution in [0.1, 0.15) is 70.4 Å². The SMILES string of the molecule is COc1cc(C2C3=C(CC(C)(C)CC3=O)N(C)C3=C2C(=O)CC(C)(C)C3)cc(Cl)c1OCc1ccc([N+](=O)[O-])cc1. The van der Waals surface area contributed by atoms with Crippen molar-refractivity contribution in [2.75, 3.05) is 14.2 Å². The number of hydrogen-bond acceptors (Lipinski definition) is 7. The third-order valence-corrected chi connectivity index (χ3v) is 8.58. The number of Topliss-reactive ketones (excluding diaryl/α,β-unsaturated/α-hetero) is 2. The first-order chi connectivity index (χ1) is 19.2. The summed E-state index contributed by atoms with van der Waals surface area (Å²) in [6, 6.07) is 9.66. The van der Waals surface area contributed by atoms with E-state index in [9.17, 15) is 19.7 Å². The number of nitrogens with zero attached hydrogens (tertiary/aromatic N) is 2. The maximum atomic E-state index is 13.8. The molecule has 2 aliphatic carbocycles. The van der Waals surface area contributed by atoms with Gasteiger partial charge < -0.3 is 14.4 Å². The van der Waals surface area contributed by atoms with Gasteiger partial charge in [-0.3, -0.25) is 19.7 Å². The molecule has 0 bridgehead atoms. The Morgan fingerprint density at radius 2 is 1.49 bits per heavy atom. The molecule has 216 valence electrons. The highest BCUT2D eigenvalue weighted by molar-refractivity contribution is 6.32. The summed E-state index contributed by atoms with van der Waals surface area (Å²) in [5, 5.41) is 11.3. The van der Waals surface area contributed by atoms with Crippen LogP contribution in [-0.4, -0.2) is 35.5 Å². The Hall–Kier alpha value is -3.65. The smallest absolute Gasteiger partial charge is 0.269 e. The standard InChI is InChI=1S/C32H35ClN2O6/c1-31(2)13-22-28(24(36)15-31)27(29-23(34(22)5)14-32(3,4)16-25(29)37)19-11-21(33)30(26(12-19)40-6)41-17-18-7-9-20(10-8-18)35(38)39/h7-12,27H,13-17H2,1-6H3. The third kappa shape index (κ3) is 5.37. The van der Waals surface area contributed by atoms with Gasteiger partial charge in [0.2, 0.25) is 0 Å². The van der Waals surface area contributed by atoms with E-state index in [-0.39, 0.29) is 39.7 Å². The summed E-state index contributed by atoms with van der Waals surface area (Å²) in [7, 11) is 3.49. The molecule has 0 fully saturated rings. The Balaban J connectivity index is 1.58. The lowest BCUT2D eigenvalue weighted by Gasteiger charge is -2.48. The minimum Gasteiger partial charge on any atom is -0.493 e. The van der Waals surface area contributed by atoms with Gasteiger partial charge in [-0.05, 0) is 59.1 Å². The Morgan fingerprint density at radius 3 is 1.98 bits per heavy atom. The van der Waals surface area contributed by atoms with Gasteiger partial charge in [0.15, 0.2) is 23.1 Å². The summed E-state index contributed by atoms with van der Waals surface area (Å²) in [5.41, 5.74) is 4.32. The van der Waals surface area contributed by atoms with Crippen molar-refractivity contribution in [2.45, 2.75) is 65.9 Å². The van der Waals surface area contributed by atoms with Crippen LogP contribution >= 0.6 is 11.6 Å². The molecule has 0 radical (unpaired) electrons. The van der Waals surface area contributed by atoms with E-state index in [0.29, 0.717) is 41.1 Å². The molecule has 8 nitrogen and oxygen atoms in total. The van der Waals surface area contributed by atoms with Crippen LogP contribution in [0.5, 0.6) is 11.5 Å². The second kappa shape index (κ2) is 10.3. The van der Waals surface area contributed by atoms with Gasteiger partial charge in [0.05, 0.1) is 17.1 Å². The van der Waals surface area contributed by atoms with Crippen LogP contribution in [0.15, 0.2) is 58.9 Å². The topological polar surface area (TPSA) is 99.0 Å². The average molecular weight is 579 g/mol. The molecule has 2 aromatic carbocycles. The van der Waals surface area contributed by atoms with Crippen LogP contribution in [0.2, 0.25) is 5.02 Å². The molecule has 0 amide bonds. The number of carbonyl (C=O) groups excluding carboxylic acids is 2. The van der Waals surface area contributed by atoms with Crippen molar-refractivity contribution in [1.82, 2.24) is 4.90 Å². The number of nitro groups is 1. The number of nitro benzene ring substituents is 1. The molecule has 3 aliphatic rings. The Morgan fingerprint density at radius 1 is 0.951 bits per heavy atom. The van der Waals surface area contributed by atoms with Gasteiger partial charge >= 0.3 is 0 Å². The molecule has 9 heteroatoms. The minimum absolute atomic E-state index is 0.00418. The van der Waals surface area contributed by atoms with Crippen LogP contribution < -0.4 is 9.47 Å². The minimum atomic E-state index is -0.543. The van der Waals surface area contributed by atoms with Crippen molar-refractivity contribution in [3.8, 4) is 11.5 Å². The Bertz CT molecular complexity index is 1470. The van der Waals surface area contributed by atoms with Crippen molar-refractivity contribution in [1.29, 1.82) is 0 Å². The van der Waals surface area contributed by atoms with E-state index in [1.54, 1.807) is 18.2 Å². The number of carbonyl (C=O) groups is 2. The van der Waals surface area contributed by atoms with Crippen molar-refractivity contribution >= 4 is 28.9 Å². The van der Waals surface area contributed by atoms with Crippen molar-refractivity contribution in [3.63, 3.8) is 0 Å². The van der Waals surface area contributed by atoms with Gasteiger partial charge in [-0.2, -0.15) is 0 Å². The summed E-state index contributed by atoms with van der Waals surface area (Å²) in [6.45, 7) is 8.54. The van der Waals surface area contributed by atoms with E-state index in [1.807, 2.05) is 13.1 Å². The highest BCUT2D eigenvalue weighted by atomic mass is 35.5. The number of allylic oxidation sites excluding steroid dienone is 4. The molecule has 0 N–H and O–H groups in total. The lowest BCUT2D eigenvalue weighted by atomic mass is 9.63. The summed E-state index contributed by atoms with van der Waals surface area (Å²) < 4.78 is 11.7. The largest absolute Gasteiger partial charge is 0.493 e. The number of ketones is 2. The first-order valence-corrected chi connectivity index (χ1v) is 14.1. The number of rotatable bonds is 6. The highest BCUT2D eigenvalue weighted by Crippen LogP contribution is 2.55. The van der Waals surface area contributed by atoms with E-state index in [1.165, 1.54) is 19.2 Å². The molecule has 41 heavy (non-hydrogen) atoms. The van der Waals surface area contributed by atoms with E-state index in [4.69, 9.17) is 21.1 Å². The number of benzene rings is 2. The lowest BCUT2D eigenvalue weighted by molar-refractivity contribution is -0.384. The van der Waals surface area contributed by atoms with Gasteiger partial charge in [-0.15, -0.1) is 0 Å². The molecule has 0 aromatic heterocycles. The fraction of sp³-hybridized carbons (Fsp3) is 0.438. The van der Waals surface area contributed by atoms with E-state index < -0.39 is 10.8 Å². The fourth-order valence-corrected chi connectivity index (χ4v) is 6.69. The summed E-state index contributed by atoms with van der Waals surface area (Å²) in [5.74, 6) is 0.250. The highest BCUT2D eigenvalue weighted by Gasteiger charge is 2.48. The van der Waals surface area contributed by atoms with Crippen LogP contribution in [0.4, 0.5) is 5.69 Å². The van der Waals surface area contributed by atoms with Crippen LogP contribution in [0, 0.1) is 20.9 Å². The third-order valence-electron chi connectivity index (χ3n) is 8.30. The van der Waals surface area contributed by atoms with Crippen LogP contribution in [-0.2, 0) is 16.2 Å². The molecule has 0 atom stereocenters. The van der Waals surface area contributed by atoms with E-state index in [0.717, 1.165) is 29.8 Å². The van der Waals surface area contributed by atoms with Crippen LogP contribution in [0.25, 0.3) is 0 Å². The quantitative estimate of drug-likeness (QED) is 0.265. The van der Waals surface area contributed by atoms with Crippen molar-refractivity contribution in [2.24, 2.45) is 10.8 Å². The van der Waals surface area contributed by atoms with Gasteiger partial charge in [0.1, 0.15) is 6.61 Å². The molecule has 0 unspecified atom stereocenters. The predicted octanol–water partition coefficient (Wildman–Crippen LogP) is 7.15. The van der Waals surface area contributed by atoms with E-state index >= 15 is 0 Å². The Kier molecular flexibility index (Phi) is 7.26. The molecule has 2 aromatic rings. The molecule has 1 heterocycles. The van der Waals surface area contributed by atoms with Crippen molar-refractivity contribution in [3.05, 3.63) is 85.2 Å². The molecular weight excluding hydrogens is 544 g/mol. The summed E-state index contributed by atoms with van der Waals surface area (Å²) in [6.07, 6.45) is 2.26. The number of ether oxygens (including phenoxy) is 2. The number of non-ortho nitro benzene ring substituents is 1. The molecule has 0 saturated carbocycles. The molecule has 1 aliphatic heterocycles. The second-order valence-electron chi connectivity index (χ2n) is 12.8. The van der Waals surface area contributed by atoms with Gasteiger partial charge in [-0.1, -0.05) is 39.3 Å². The van der Waals surface area contributed by atoms with E-state index in [2.05, 4.69) is 32.6 Å². The predicted molar refractivity (Wildman–Crippen MR) is 156 cm³/mol. The van der Waals surface area contributed by atoms with Crippen molar-refractivity contribution < 1.29 is 24.0 Å². The monoisotopic (exact) mass is 578 g/mol. The van der Waals surface area contributed by atoms with Gasteiger partial charge in [0, 0.05) is 60.5 Å². The first kappa shape index (κ1) is 28.9. The van der Waals surface area contributed by atoms with Crippen LogP contribution in [0.3, 0.4) is 0 Å². The zero-order valence-corrected chi connectivity index (χ0v) is 25.1. The maximum Gasteiger partial charge on any atom is 0.269 e. The normalized spacial score (nSPS) is 20.1. The number of hydrogen-bond donors (Lipinski definition) is 0.